The third-order valence-corrected chi connectivity index (χ3v) is 8.91. The molecule has 5 rings (SSSR count). The zero-order valence-corrected chi connectivity index (χ0v) is 23.1. The number of rotatable bonds is 3. The van der Waals surface area contributed by atoms with E-state index in [1.165, 1.54) is 36.0 Å². The fourth-order valence-electron chi connectivity index (χ4n) is 6.81. The SMILES string of the molecule is CC1c2ccc(NC(=O)N3CCN(O)CC3)c(O)c2C(O)=C2C(=O)C3(O)C(O)=C(C(N)=O)C(=O)C(N(C)C)C3C(O)C21. The molecular weight excluding hydrogens is 554 g/mol. The minimum Gasteiger partial charge on any atom is -0.508 e. The number of hydroxylamine groups is 2. The summed E-state index contributed by atoms with van der Waals surface area (Å²) in [6.45, 7) is 2.50. The molecule has 6 unspecified atom stereocenters. The van der Waals surface area contributed by atoms with Crippen molar-refractivity contribution in [2.24, 2.45) is 17.6 Å². The van der Waals surface area contributed by atoms with Crippen LogP contribution in [-0.2, 0) is 14.4 Å². The number of phenolic OH excluding ortho intramolecular Hbond substituents is 1. The van der Waals surface area contributed by atoms with Crippen LogP contribution in [-0.4, -0.2) is 127 Å². The summed E-state index contributed by atoms with van der Waals surface area (Å²) in [6, 6.07) is 0.883. The van der Waals surface area contributed by atoms with Crippen LogP contribution in [0.5, 0.6) is 5.75 Å². The van der Waals surface area contributed by atoms with Gasteiger partial charge >= 0.3 is 6.03 Å². The number of nitrogens with one attached hydrogen (secondary N) is 1. The largest absolute Gasteiger partial charge is 0.508 e. The number of likely N-dealkylation sites (N-methyl/N-ethyl adjacent to an activating group) is 1. The summed E-state index contributed by atoms with van der Waals surface area (Å²) < 4.78 is 0. The number of carbonyl (C=O) groups excluding carboxylic acids is 4. The zero-order chi connectivity index (χ0) is 31.0. The van der Waals surface area contributed by atoms with Gasteiger partial charge in [0.05, 0.1) is 29.3 Å². The number of piperazine rings is 1. The molecule has 1 heterocycles. The van der Waals surface area contributed by atoms with Gasteiger partial charge in [-0.3, -0.25) is 19.3 Å². The van der Waals surface area contributed by atoms with Crippen LogP contribution in [0.1, 0.15) is 24.0 Å². The fraction of sp³-hybridized carbons (Fsp3) is 0.481. The quantitative estimate of drug-likeness (QED) is 0.158. The van der Waals surface area contributed by atoms with Gasteiger partial charge in [-0.25, -0.2) is 4.79 Å². The first-order valence-corrected chi connectivity index (χ1v) is 13.3. The maximum atomic E-state index is 14.0. The van der Waals surface area contributed by atoms with Gasteiger partial charge in [0.15, 0.2) is 11.4 Å². The molecule has 4 aliphatic rings. The Balaban J connectivity index is 1.63. The van der Waals surface area contributed by atoms with Crippen LogP contribution in [0.4, 0.5) is 10.5 Å². The Morgan fingerprint density at radius 3 is 2.29 bits per heavy atom. The molecule has 1 aromatic rings. The normalized spacial score (nSPS) is 31.6. The van der Waals surface area contributed by atoms with Crippen LogP contribution < -0.4 is 11.1 Å². The Labute approximate surface area is 239 Å². The lowest BCUT2D eigenvalue weighted by molar-refractivity contribution is -0.169. The number of hydrogen-bond donors (Lipinski definition) is 8. The number of urea groups is 1. The van der Waals surface area contributed by atoms with Crippen LogP contribution in [0.2, 0.25) is 0 Å². The van der Waals surface area contributed by atoms with Crippen molar-refractivity contribution in [3.63, 3.8) is 0 Å². The van der Waals surface area contributed by atoms with Gasteiger partial charge in [-0.15, -0.1) is 0 Å². The summed E-state index contributed by atoms with van der Waals surface area (Å²) in [7, 11) is 2.86. The summed E-state index contributed by atoms with van der Waals surface area (Å²) in [5, 5.41) is 70.1. The van der Waals surface area contributed by atoms with E-state index in [0.29, 0.717) is 5.56 Å². The molecule has 1 aromatic carbocycles. The Kier molecular flexibility index (Phi) is 7.06. The maximum Gasteiger partial charge on any atom is 0.322 e. The zero-order valence-electron chi connectivity index (χ0n) is 23.1. The minimum atomic E-state index is -3.01. The average molecular weight is 588 g/mol. The first kappa shape index (κ1) is 29.5. The molecule has 15 heteroatoms. The topological polar surface area (TPSA) is 237 Å². The molecule has 1 saturated carbocycles. The molecule has 9 N–H and O–H groups in total. The predicted molar refractivity (Wildman–Crippen MR) is 144 cm³/mol. The van der Waals surface area contributed by atoms with E-state index in [1.54, 1.807) is 6.92 Å². The molecule has 0 bridgehead atoms. The summed E-state index contributed by atoms with van der Waals surface area (Å²) in [5.41, 5.74) is 0.767. The Morgan fingerprint density at radius 2 is 1.71 bits per heavy atom. The molecule has 3 amide bonds. The van der Waals surface area contributed by atoms with Crippen LogP contribution in [0.3, 0.4) is 0 Å². The number of fused-ring (bicyclic) bond motifs is 3. The van der Waals surface area contributed by atoms with Crippen molar-refractivity contribution in [1.82, 2.24) is 14.9 Å². The summed E-state index contributed by atoms with van der Waals surface area (Å²) in [4.78, 5) is 54.9. The standard InChI is InChI=1S/C27H33N5O10/c1-10-11-4-5-12(29-26(40)31-6-8-32(42)9-7-31)19(33)14(11)20(34)15-13(10)21(35)17-18(30(2)3)22(36)16(25(28)39)24(38)27(17,41)23(15)37/h4-5,10,13,17-18,21,33-35,38,41-42H,6-9H2,1-3H3,(H2,28,39)(H,29,40). The maximum absolute atomic E-state index is 14.0. The van der Waals surface area contributed by atoms with Gasteiger partial charge in [0.2, 0.25) is 5.78 Å². The monoisotopic (exact) mass is 587 g/mol. The van der Waals surface area contributed by atoms with Crippen molar-refractivity contribution >= 4 is 35.0 Å². The lowest BCUT2D eigenvalue weighted by Crippen LogP contribution is -2.70. The molecule has 15 nitrogen and oxygen atoms in total. The number of aliphatic hydroxyl groups is 4. The van der Waals surface area contributed by atoms with Crippen molar-refractivity contribution < 1.29 is 49.9 Å². The van der Waals surface area contributed by atoms with Gasteiger partial charge in [0.1, 0.15) is 22.8 Å². The van der Waals surface area contributed by atoms with Gasteiger partial charge in [-0.1, -0.05) is 13.0 Å². The minimum absolute atomic E-state index is 0.0990. The highest BCUT2D eigenvalue weighted by Crippen LogP contribution is 2.56. The highest BCUT2D eigenvalue weighted by molar-refractivity contribution is 6.24. The highest BCUT2D eigenvalue weighted by atomic mass is 16.5. The second-order valence-electron chi connectivity index (χ2n) is 11.3. The van der Waals surface area contributed by atoms with Crippen molar-refractivity contribution in [3.8, 4) is 5.75 Å². The average Bonchev–Trinajstić information content (AvgIpc) is 2.92. The molecule has 0 radical (unpaired) electrons. The van der Waals surface area contributed by atoms with E-state index in [9.17, 15) is 49.9 Å². The van der Waals surface area contributed by atoms with Crippen LogP contribution in [0.15, 0.2) is 29.0 Å². The second-order valence-corrected chi connectivity index (χ2v) is 11.3. The van der Waals surface area contributed by atoms with Gasteiger partial charge < -0.3 is 46.7 Å². The third-order valence-electron chi connectivity index (χ3n) is 8.91. The number of Topliss-reactive ketones (excluding diaryl/α,β-unsaturated/α-hetero) is 2. The number of anilines is 1. The van der Waals surface area contributed by atoms with Crippen LogP contribution in [0.25, 0.3) is 5.76 Å². The van der Waals surface area contributed by atoms with E-state index in [2.05, 4.69) is 5.32 Å². The molecule has 226 valence electrons. The van der Waals surface area contributed by atoms with Gasteiger partial charge in [0, 0.05) is 37.7 Å². The Hall–Kier alpha value is -4.02. The molecule has 0 aromatic heterocycles. The van der Waals surface area contributed by atoms with E-state index in [0.717, 1.165) is 5.06 Å². The van der Waals surface area contributed by atoms with Gasteiger partial charge in [-0.05, 0) is 31.6 Å². The van der Waals surface area contributed by atoms with Crippen LogP contribution >= 0.6 is 0 Å². The summed E-state index contributed by atoms with van der Waals surface area (Å²) in [5.74, 6) is -9.97. The number of aliphatic hydroxyl groups excluding tert-OH is 3. The number of nitrogens with zero attached hydrogens (tertiary/aromatic N) is 3. The molecule has 1 saturated heterocycles. The Morgan fingerprint density at radius 1 is 1.10 bits per heavy atom. The molecule has 2 fully saturated rings. The molecule has 1 aliphatic heterocycles. The van der Waals surface area contributed by atoms with E-state index >= 15 is 0 Å². The Bertz CT molecular complexity index is 1460. The number of carbonyl (C=O) groups is 4. The number of aromatic hydroxyl groups is 1. The number of benzene rings is 1. The van der Waals surface area contributed by atoms with E-state index in [-0.39, 0.29) is 37.4 Å². The number of phenols is 1. The highest BCUT2D eigenvalue weighted by Gasteiger charge is 2.68. The fourth-order valence-corrected chi connectivity index (χ4v) is 6.81. The van der Waals surface area contributed by atoms with Crippen molar-refractivity contribution in [1.29, 1.82) is 0 Å². The first-order valence-electron chi connectivity index (χ1n) is 13.3. The number of primary amides is 1. The molecule has 3 aliphatic carbocycles. The number of ketones is 2. The van der Waals surface area contributed by atoms with Crippen molar-refractivity contribution in [3.05, 3.63) is 40.2 Å². The van der Waals surface area contributed by atoms with Gasteiger partial charge in [0.25, 0.3) is 5.91 Å². The summed E-state index contributed by atoms with van der Waals surface area (Å²) >= 11 is 0. The molecule has 42 heavy (non-hydrogen) atoms. The van der Waals surface area contributed by atoms with Crippen molar-refractivity contribution in [2.45, 2.75) is 30.6 Å². The molecule has 6 atom stereocenters. The third kappa shape index (κ3) is 3.99. The number of hydrogen-bond acceptors (Lipinski definition) is 12. The second kappa shape index (κ2) is 10.1. The molecule has 0 spiro atoms. The number of nitrogens with two attached hydrogens (primary N) is 1. The molecular formula is C27H33N5O10. The van der Waals surface area contributed by atoms with Gasteiger partial charge in [-0.2, -0.15) is 5.06 Å². The lowest BCUT2D eigenvalue weighted by atomic mass is 9.54. The summed E-state index contributed by atoms with van der Waals surface area (Å²) in [6.07, 6.45) is -1.70. The van der Waals surface area contributed by atoms with E-state index in [4.69, 9.17) is 5.73 Å². The van der Waals surface area contributed by atoms with E-state index in [1.807, 2.05) is 0 Å². The van der Waals surface area contributed by atoms with Crippen LogP contribution in [0, 0.1) is 11.8 Å². The first-order chi connectivity index (χ1) is 19.6. The lowest BCUT2D eigenvalue weighted by Gasteiger charge is -2.53. The van der Waals surface area contributed by atoms with E-state index < -0.39 is 87.4 Å². The number of amides is 3. The smallest absolute Gasteiger partial charge is 0.322 e. The predicted octanol–water partition coefficient (Wildman–Crippen LogP) is -0.965. The van der Waals surface area contributed by atoms with Crippen molar-refractivity contribution in [2.75, 3.05) is 45.6 Å².